The molecular weight excluding hydrogens is 238 g/mol. The van der Waals surface area contributed by atoms with E-state index in [1.165, 1.54) is 0 Å². The summed E-state index contributed by atoms with van der Waals surface area (Å²) in [5.74, 6) is 0. The molecule has 0 saturated carbocycles. The fourth-order valence-electron chi connectivity index (χ4n) is 1.67. The SMILES string of the molecule is CC(O)CON=C(c1ccccc1)c1ccccc1. The predicted molar refractivity (Wildman–Crippen MR) is 76.2 cm³/mol. The minimum absolute atomic E-state index is 0.184. The third kappa shape index (κ3) is 3.93. The molecule has 0 bridgehead atoms. The molecule has 19 heavy (non-hydrogen) atoms. The highest BCUT2D eigenvalue weighted by atomic mass is 16.6. The second-order valence-corrected chi connectivity index (χ2v) is 4.32. The normalized spacial score (nSPS) is 11.7. The van der Waals surface area contributed by atoms with E-state index < -0.39 is 6.10 Å². The molecule has 0 aromatic heterocycles. The number of benzene rings is 2. The molecule has 2 aromatic rings. The van der Waals surface area contributed by atoms with E-state index in [4.69, 9.17) is 4.84 Å². The Balaban J connectivity index is 2.29. The monoisotopic (exact) mass is 255 g/mol. The summed E-state index contributed by atoms with van der Waals surface area (Å²) in [6.07, 6.45) is -0.531. The van der Waals surface area contributed by atoms with E-state index in [0.717, 1.165) is 16.8 Å². The van der Waals surface area contributed by atoms with Crippen molar-refractivity contribution in [2.24, 2.45) is 5.16 Å². The first kappa shape index (κ1) is 13.3. The summed E-state index contributed by atoms with van der Waals surface area (Å²) in [5, 5.41) is 13.4. The maximum absolute atomic E-state index is 9.21. The molecule has 0 aliphatic rings. The van der Waals surface area contributed by atoms with Crippen molar-refractivity contribution in [3.05, 3.63) is 71.8 Å². The van der Waals surface area contributed by atoms with Gasteiger partial charge in [0.15, 0.2) is 0 Å². The molecule has 0 fully saturated rings. The minimum Gasteiger partial charge on any atom is -0.393 e. The molecule has 98 valence electrons. The van der Waals surface area contributed by atoms with E-state index in [1.54, 1.807) is 6.92 Å². The average Bonchev–Trinajstić information content (AvgIpc) is 2.45. The molecule has 1 atom stereocenters. The second-order valence-electron chi connectivity index (χ2n) is 4.32. The van der Waals surface area contributed by atoms with Crippen LogP contribution in [0.1, 0.15) is 18.1 Å². The number of oxime groups is 1. The lowest BCUT2D eigenvalue weighted by Gasteiger charge is -2.08. The van der Waals surface area contributed by atoms with Crippen LogP contribution in [0.2, 0.25) is 0 Å². The highest BCUT2D eigenvalue weighted by molar-refractivity contribution is 6.12. The number of aliphatic hydroxyl groups excluding tert-OH is 1. The predicted octanol–water partition coefficient (Wildman–Crippen LogP) is 2.84. The van der Waals surface area contributed by atoms with Gasteiger partial charge in [0.1, 0.15) is 12.3 Å². The van der Waals surface area contributed by atoms with Gasteiger partial charge in [0.05, 0.1) is 6.10 Å². The summed E-state index contributed by atoms with van der Waals surface area (Å²) in [6, 6.07) is 19.7. The molecule has 3 heteroatoms. The van der Waals surface area contributed by atoms with Gasteiger partial charge in [-0.15, -0.1) is 0 Å². The molecule has 1 unspecified atom stereocenters. The van der Waals surface area contributed by atoms with Crippen molar-refractivity contribution in [1.29, 1.82) is 0 Å². The zero-order valence-corrected chi connectivity index (χ0v) is 10.9. The van der Waals surface area contributed by atoms with Gasteiger partial charge < -0.3 is 9.94 Å². The number of hydrogen-bond acceptors (Lipinski definition) is 3. The van der Waals surface area contributed by atoms with Gasteiger partial charge in [-0.3, -0.25) is 0 Å². The van der Waals surface area contributed by atoms with Crippen molar-refractivity contribution in [1.82, 2.24) is 0 Å². The Kier molecular flexibility index (Phi) is 4.70. The summed E-state index contributed by atoms with van der Waals surface area (Å²) in [5.41, 5.74) is 2.74. The Morgan fingerprint density at radius 2 is 1.47 bits per heavy atom. The van der Waals surface area contributed by atoms with Crippen LogP contribution in [0.25, 0.3) is 0 Å². The Hall–Kier alpha value is -2.13. The Morgan fingerprint density at radius 1 is 1.00 bits per heavy atom. The first-order chi connectivity index (χ1) is 9.27. The first-order valence-electron chi connectivity index (χ1n) is 6.26. The third-order valence-electron chi connectivity index (χ3n) is 2.57. The van der Waals surface area contributed by atoms with Gasteiger partial charge >= 0.3 is 0 Å². The lowest BCUT2D eigenvalue weighted by Crippen LogP contribution is -2.10. The Labute approximate surface area is 113 Å². The van der Waals surface area contributed by atoms with Gasteiger partial charge in [-0.2, -0.15) is 0 Å². The van der Waals surface area contributed by atoms with Gasteiger partial charge in [-0.25, -0.2) is 0 Å². The molecular formula is C16H17NO2. The molecule has 0 spiro atoms. The molecule has 0 radical (unpaired) electrons. The van der Waals surface area contributed by atoms with Crippen LogP contribution in [0.3, 0.4) is 0 Å². The fraction of sp³-hybridized carbons (Fsp3) is 0.188. The van der Waals surface area contributed by atoms with Crippen LogP contribution in [0.15, 0.2) is 65.8 Å². The van der Waals surface area contributed by atoms with E-state index in [0.29, 0.717) is 0 Å². The van der Waals surface area contributed by atoms with E-state index >= 15 is 0 Å². The number of nitrogens with zero attached hydrogens (tertiary/aromatic N) is 1. The molecule has 2 aromatic carbocycles. The van der Waals surface area contributed by atoms with Crippen molar-refractivity contribution in [3.63, 3.8) is 0 Å². The van der Waals surface area contributed by atoms with E-state index in [9.17, 15) is 5.11 Å². The Bertz CT molecular complexity index is 479. The summed E-state index contributed by atoms with van der Waals surface area (Å²) in [6.45, 7) is 1.85. The number of rotatable bonds is 5. The van der Waals surface area contributed by atoms with E-state index in [2.05, 4.69) is 5.16 Å². The molecule has 0 aliphatic carbocycles. The fourth-order valence-corrected chi connectivity index (χ4v) is 1.67. The highest BCUT2D eigenvalue weighted by Crippen LogP contribution is 2.11. The molecule has 0 amide bonds. The molecule has 0 saturated heterocycles. The van der Waals surface area contributed by atoms with Crippen LogP contribution in [-0.4, -0.2) is 23.5 Å². The standard InChI is InChI=1S/C16H17NO2/c1-13(18)12-19-17-16(14-8-4-2-5-9-14)15-10-6-3-7-11-15/h2-11,13,18H,12H2,1H3. The third-order valence-corrected chi connectivity index (χ3v) is 2.57. The molecule has 1 N–H and O–H groups in total. The van der Waals surface area contributed by atoms with Crippen molar-refractivity contribution in [2.75, 3.05) is 6.61 Å². The van der Waals surface area contributed by atoms with Gasteiger partial charge in [0.25, 0.3) is 0 Å². The molecule has 2 rings (SSSR count). The van der Waals surface area contributed by atoms with Crippen LogP contribution in [0.5, 0.6) is 0 Å². The summed E-state index contributed by atoms with van der Waals surface area (Å²) < 4.78 is 0. The van der Waals surface area contributed by atoms with Gasteiger partial charge in [0.2, 0.25) is 0 Å². The van der Waals surface area contributed by atoms with Crippen LogP contribution in [0.4, 0.5) is 0 Å². The first-order valence-corrected chi connectivity index (χ1v) is 6.26. The van der Waals surface area contributed by atoms with Crippen LogP contribution in [-0.2, 0) is 4.84 Å². The largest absolute Gasteiger partial charge is 0.393 e. The molecule has 3 nitrogen and oxygen atoms in total. The lowest BCUT2D eigenvalue weighted by atomic mass is 10.0. The van der Waals surface area contributed by atoms with Gasteiger partial charge in [-0.1, -0.05) is 65.8 Å². The number of hydrogen-bond donors (Lipinski definition) is 1. The second kappa shape index (κ2) is 6.71. The van der Waals surface area contributed by atoms with Crippen LogP contribution < -0.4 is 0 Å². The lowest BCUT2D eigenvalue weighted by molar-refractivity contribution is 0.0502. The van der Waals surface area contributed by atoms with Gasteiger partial charge in [-0.05, 0) is 6.92 Å². The van der Waals surface area contributed by atoms with Crippen molar-refractivity contribution in [3.8, 4) is 0 Å². The molecule has 0 aliphatic heterocycles. The van der Waals surface area contributed by atoms with Crippen LogP contribution >= 0.6 is 0 Å². The maximum Gasteiger partial charge on any atom is 0.142 e. The topological polar surface area (TPSA) is 41.8 Å². The van der Waals surface area contributed by atoms with Crippen molar-refractivity contribution in [2.45, 2.75) is 13.0 Å². The van der Waals surface area contributed by atoms with E-state index in [-0.39, 0.29) is 6.61 Å². The zero-order chi connectivity index (χ0) is 13.5. The quantitative estimate of drug-likeness (QED) is 0.659. The number of aliphatic hydroxyl groups is 1. The van der Waals surface area contributed by atoms with E-state index in [1.807, 2.05) is 60.7 Å². The van der Waals surface area contributed by atoms with Crippen LogP contribution in [0, 0.1) is 0 Å². The average molecular weight is 255 g/mol. The smallest absolute Gasteiger partial charge is 0.142 e. The minimum atomic E-state index is -0.531. The highest BCUT2D eigenvalue weighted by Gasteiger charge is 2.07. The zero-order valence-electron chi connectivity index (χ0n) is 10.9. The Morgan fingerprint density at radius 3 is 1.89 bits per heavy atom. The summed E-state index contributed by atoms with van der Waals surface area (Å²) in [4.78, 5) is 5.20. The summed E-state index contributed by atoms with van der Waals surface area (Å²) in [7, 11) is 0. The van der Waals surface area contributed by atoms with Crippen molar-refractivity contribution < 1.29 is 9.94 Å². The molecule has 0 heterocycles. The maximum atomic E-state index is 9.21. The summed E-state index contributed by atoms with van der Waals surface area (Å²) >= 11 is 0. The van der Waals surface area contributed by atoms with Crippen molar-refractivity contribution >= 4 is 5.71 Å². The van der Waals surface area contributed by atoms with Gasteiger partial charge in [0, 0.05) is 11.1 Å².